The van der Waals surface area contributed by atoms with Crippen LogP contribution in [0.3, 0.4) is 0 Å². The molecule has 1 saturated heterocycles. The van der Waals surface area contributed by atoms with E-state index in [0.717, 1.165) is 25.1 Å². The molecule has 9 nitrogen and oxygen atoms in total. The quantitative estimate of drug-likeness (QED) is 0.478. The van der Waals surface area contributed by atoms with Crippen molar-refractivity contribution in [1.29, 1.82) is 0 Å². The van der Waals surface area contributed by atoms with Gasteiger partial charge in [0.2, 0.25) is 11.8 Å². The molecule has 1 heterocycles. The van der Waals surface area contributed by atoms with E-state index in [1.54, 1.807) is 29.2 Å². The zero-order valence-electron chi connectivity index (χ0n) is 21.0. The first-order chi connectivity index (χ1) is 18.0. The summed E-state index contributed by atoms with van der Waals surface area (Å²) in [6, 6.07) is 16.9. The number of nitrogens with zero attached hydrogens (tertiary/aromatic N) is 2. The van der Waals surface area contributed by atoms with Crippen LogP contribution in [0.4, 0.5) is 18.9 Å². The van der Waals surface area contributed by atoms with Gasteiger partial charge in [0.25, 0.3) is 5.91 Å². The van der Waals surface area contributed by atoms with Gasteiger partial charge in [-0.2, -0.15) is 13.2 Å². The summed E-state index contributed by atoms with van der Waals surface area (Å²) in [5.41, 5.74) is 2.33. The standard InChI is InChI=1S/C24H30N4O3.C2HF3O2/c1-19(29)26-22-9-7-21(8-10-22)24(31)28(15-11-20-5-3-2-4-6-20)16-12-23(30)27-17-13-25-14-18-27;3-2(4,5)1(6)7/h2-10,25H,11-18H2,1H3,(H,26,29);(H,6,7). The highest BCUT2D eigenvalue weighted by molar-refractivity contribution is 5.95. The highest BCUT2D eigenvalue weighted by Crippen LogP contribution is 2.14. The lowest BCUT2D eigenvalue weighted by molar-refractivity contribution is -0.192. The van der Waals surface area contributed by atoms with Crippen LogP contribution in [0.25, 0.3) is 0 Å². The first kappa shape index (κ1) is 30.3. The molecule has 1 fully saturated rings. The van der Waals surface area contributed by atoms with Gasteiger partial charge in [-0.25, -0.2) is 4.79 Å². The molecule has 2 aromatic carbocycles. The molecule has 0 atom stereocenters. The third-order valence-corrected chi connectivity index (χ3v) is 5.56. The minimum absolute atomic E-state index is 0.0833. The zero-order valence-corrected chi connectivity index (χ0v) is 21.0. The molecule has 3 amide bonds. The lowest BCUT2D eigenvalue weighted by Crippen LogP contribution is -2.47. The number of halogens is 3. The number of benzene rings is 2. The van der Waals surface area contributed by atoms with E-state index in [0.29, 0.717) is 43.9 Å². The van der Waals surface area contributed by atoms with Crippen molar-refractivity contribution in [2.75, 3.05) is 44.6 Å². The maximum Gasteiger partial charge on any atom is 0.490 e. The van der Waals surface area contributed by atoms with Crippen LogP contribution in [-0.4, -0.2) is 84.0 Å². The number of anilines is 1. The Balaban J connectivity index is 0.000000638. The fraction of sp³-hybridized carbons (Fsp3) is 0.385. The molecule has 206 valence electrons. The van der Waals surface area contributed by atoms with Crippen LogP contribution in [0.1, 0.15) is 29.3 Å². The van der Waals surface area contributed by atoms with Crippen molar-refractivity contribution in [3.05, 3.63) is 65.7 Å². The van der Waals surface area contributed by atoms with Crippen molar-refractivity contribution < 1.29 is 37.5 Å². The second-order valence-corrected chi connectivity index (χ2v) is 8.47. The summed E-state index contributed by atoms with van der Waals surface area (Å²) in [5, 5.41) is 13.1. The number of amides is 3. The largest absolute Gasteiger partial charge is 0.490 e. The maximum absolute atomic E-state index is 13.2. The Bertz CT molecular complexity index is 1070. The van der Waals surface area contributed by atoms with E-state index in [4.69, 9.17) is 9.90 Å². The van der Waals surface area contributed by atoms with Gasteiger partial charge in [-0.1, -0.05) is 30.3 Å². The summed E-state index contributed by atoms with van der Waals surface area (Å²) in [5.74, 6) is -2.94. The molecule has 38 heavy (non-hydrogen) atoms. The summed E-state index contributed by atoms with van der Waals surface area (Å²) in [6.45, 7) is 5.39. The Morgan fingerprint density at radius 1 is 0.974 bits per heavy atom. The van der Waals surface area contributed by atoms with Gasteiger partial charge in [-0.15, -0.1) is 0 Å². The first-order valence-electron chi connectivity index (χ1n) is 12.0. The summed E-state index contributed by atoms with van der Waals surface area (Å²) >= 11 is 0. The smallest absolute Gasteiger partial charge is 0.475 e. The predicted molar refractivity (Wildman–Crippen MR) is 135 cm³/mol. The van der Waals surface area contributed by atoms with E-state index in [-0.39, 0.29) is 17.7 Å². The monoisotopic (exact) mass is 536 g/mol. The van der Waals surface area contributed by atoms with Gasteiger partial charge in [0.05, 0.1) is 0 Å². The number of carboxylic acid groups (broad SMARTS) is 1. The first-order valence-corrected chi connectivity index (χ1v) is 12.0. The fourth-order valence-corrected chi connectivity index (χ4v) is 3.61. The number of carbonyl (C=O) groups excluding carboxylic acids is 3. The van der Waals surface area contributed by atoms with E-state index in [1.165, 1.54) is 6.92 Å². The van der Waals surface area contributed by atoms with Gasteiger partial charge in [-0.05, 0) is 36.2 Å². The lowest BCUT2D eigenvalue weighted by Gasteiger charge is -2.29. The summed E-state index contributed by atoms with van der Waals surface area (Å²) in [6.07, 6.45) is -4.05. The van der Waals surface area contributed by atoms with Gasteiger partial charge >= 0.3 is 12.1 Å². The number of piperazine rings is 1. The molecule has 1 aliphatic rings. The van der Waals surface area contributed by atoms with Gasteiger partial charge in [0.15, 0.2) is 0 Å². The third-order valence-electron chi connectivity index (χ3n) is 5.56. The summed E-state index contributed by atoms with van der Waals surface area (Å²) < 4.78 is 31.7. The molecule has 0 saturated carbocycles. The Labute approximate surface area is 218 Å². The molecule has 0 aromatic heterocycles. The van der Waals surface area contributed by atoms with Gasteiger partial charge in [0.1, 0.15) is 0 Å². The van der Waals surface area contributed by atoms with Crippen LogP contribution in [-0.2, 0) is 20.8 Å². The molecule has 0 bridgehead atoms. The second-order valence-electron chi connectivity index (χ2n) is 8.47. The van der Waals surface area contributed by atoms with Crippen LogP contribution in [0.2, 0.25) is 0 Å². The number of rotatable bonds is 8. The second kappa shape index (κ2) is 14.7. The summed E-state index contributed by atoms with van der Waals surface area (Å²) in [7, 11) is 0. The van der Waals surface area contributed by atoms with E-state index < -0.39 is 12.1 Å². The van der Waals surface area contributed by atoms with E-state index in [9.17, 15) is 27.6 Å². The van der Waals surface area contributed by atoms with Crippen LogP contribution in [0, 0.1) is 0 Å². The van der Waals surface area contributed by atoms with Gasteiger partial charge in [0, 0.05) is 63.9 Å². The number of alkyl halides is 3. The number of carbonyl (C=O) groups is 4. The molecule has 3 N–H and O–H groups in total. The molecule has 12 heteroatoms. The van der Waals surface area contributed by atoms with E-state index in [2.05, 4.69) is 10.6 Å². The Morgan fingerprint density at radius 2 is 1.55 bits per heavy atom. The number of carboxylic acids is 1. The van der Waals surface area contributed by atoms with Crippen LogP contribution < -0.4 is 10.6 Å². The van der Waals surface area contributed by atoms with E-state index >= 15 is 0 Å². The van der Waals surface area contributed by atoms with Gasteiger partial charge < -0.3 is 25.5 Å². The molecule has 1 aliphatic heterocycles. The maximum atomic E-state index is 13.2. The number of aliphatic carboxylic acids is 1. The van der Waals surface area contributed by atoms with Crippen molar-refractivity contribution in [1.82, 2.24) is 15.1 Å². The molecule has 2 aromatic rings. The molecule has 3 rings (SSSR count). The third kappa shape index (κ3) is 10.6. The Kier molecular flexibility index (Phi) is 11.7. The molecule has 0 radical (unpaired) electrons. The summed E-state index contributed by atoms with van der Waals surface area (Å²) in [4.78, 5) is 49.5. The predicted octanol–water partition coefficient (Wildman–Crippen LogP) is 2.79. The van der Waals surface area contributed by atoms with Crippen molar-refractivity contribution >= 4 is 29.4 Å². The minimum Gasteiger partial charge on any atom is -0.475 e. The Hall–Kier alpha value is -3.93. The average molecular weight is 537 g/mol. The zero-order chi connectivity index (χ0) is 28.1. The van der Waals surface area contributed by atoms with Crippen molar-refractivity contribution in [2.45, 2.75) is 25.9 Å². The highest BCUT2D eigenvalue weighted by Gasteiger charge is 2.38. The number of nitrogens with one attached hydrogen (secondary N) is 2. The molecule has 0 unspecified atom stereocenters. The normalized spacial score (nSPS) is 13.1. The average Bonchev–Trinajstić information content (AvgIpc) is 2.89. The van der Waals surface area contributed by atoms with Crippen LogP contribution >= 0.6 is 0 Å². The number of hydrogen-bond donors (Lipinski definition) is 3. The Morgan fingerprint density at radius 3 is 2.08 bits per heavy atom. The highest BCUT2D eigenvalue weighted by atomic mass is 19.4. The van der Waals surface area contributed by atoms with Crippen LogP contribution in [0.15, 0.2) is 54.6 Å². The molecule has 0 spiro atoms. The number of hydrogen-bond acceptors (Lipinski definition) is 5. The molecular formula is C26H31F3N4O5. The SMILES string of the molecule is CC(=O)Nc1ccc(C(=O)N(CCC(=O)N2CCNCC2)CCc2ccccc2)cc1.O=C(O)C(F)(F)F. The van der Waals surface area contributed by atoms with Crippen molar-refractivity contribution in [3.8, 4) is 0 Å². The lowest BCUT2D eigenvalue weighted by atomic mass is 10.1. The minimum atomic E-state index is -5.08. The molecular weight excluding hydrogens is 505 g/mol. The van der Waals surface area contributed by atoms with Crippen molar-refractivity contribution in [2.24, 2.45) is 0 Å². The van der Waals surface area contributed by atoms with E-state index in [1.807, 2.05) is 35.2 Å². The topological polar surface area (TPSA) is 119 Å². The fourth-order valence-electron chi connectivity index (χ4n) is 3.61. The molecule has 0 aliphatic carbocycles. The van der Waals surface area contributed by atoms with Crippen LogP contribution in [0.5, 0.6) is 0 Å². The van der Waals surface area contributed by atoms with Gasteiger partial charge in [-0.3, -0.25) is 14.4 Å². The van der Waals surface area contributed by atoms with Crippen molar-refractivity contribution in [3.63, 3.8) is 0 Å².